The maximum Gasteiger partial charge on any atom is 0.282 e. The van der Waals surface area contributed by atoms with E-state index >= 15 is 0 Å². The van der Waals surface area contributed by atoms with Crippen molar-refractivity contribution in [3.8, 4) is 11.8 Å². The van der Waals surface area contributed by atoms with Crippen LogP contribution in [0.25, 0.3) is 0 Å². The maximum atomic E-state index is 12.3. The number of nitriles is 1. The molecule has 0 aliphatic heterocycles. The standard InChI is InChI=1S/C17H15N3O4/c1-17(2,10-18)11-3-5-12(6-4-11)19-16(22)14-9-13(21)7-8-15(14)20(23)24/h3-9,21H,1-2H3,(H,19,22). The predicted molar refractivity (Wildman–Crippen MR) is 87.8 cm³/mol. The van der Waals surface area contributed by atoms with Gasteiger partial charge in [0.2, 0.25) is 0 Å². The Hall–Kier alpha value is -3.40. The Balaban J connectivity index is 2.27. The van der Waals surface area contributed by atoms with Crippen LogP contribution in [0.4, 0.5) is 11.4 Å². The van der Waals surface area contributed by atoms with Gasteiger partial charge >= 0.3 is 0 Å². The van der Waals surface area contributed by atoms with Crippen LogP contribution in [0.1, 0.15) is 29.8 Å². The minimum absolute atomic E-state index is 0.235. The molecule has 0 radical (unpaired) electrons. The lowest BCUT2D eigenvalue weighted by Crippen LogP contribution is -2.15. The number of carbonyl (C=O) groups is 1. The summed E-state index contributed by atoms with van der Waals surface area (Å²) in [4.78, 5) is 22.6. The summed E-state index contributed by atoms with van der Waals surface area (Å²) in [5.41, 5.74) is -0.0811. The van der Waals surface area contributed by atoms with Crippen molar-refractivity contribution in [2.75, 3.05) is 5.32 Å². The minimum atomic E-state index is -0.704. The smallest absolute Gasteiger partial charge is 0.282 e. The van der Waals surface area contributed by atoms with Crippen molar-refractivity contribution < 1.29 is 14.8 Å². The molecule has 0 heterocycles. The molecule has 2 aromatic carbocycles. The Morgan fingerprint density at radius 1 is 1.25 bits per heavy atom. The van der Waals surface area contributed by atoms with E-state index in [2.05, 4.69) is 11.4 Å². The van der Waals surface area contributed by atoms with Gasteiger partial charge in [0.05, 0.1) is 16.4 Å². The van der Waals surface area contributed by atoms with Crippen molar-refractivity contribution in [2.24, 2.45) is 0 Å². The van der Waals surface area contributed by atoms with Gasteiger partial charge in [0, 0.05) is 11.8 Å². The zero-order valence-corrected chi connectivity index (χ0v) is 13.1. The van der Waals surface area contributed by atoms with Crippen LogP contribution in [0, 0.1) is 21.4 Å². The fraction of sp³-hybridized carbons (Fsp3) is 0.176. The molecule has 2 aromatic rings. The Bertz CT molecular complexity index is 836. The quantitative estimate of drug-likeness (QED) is 0.660. The van der Waals surface area contributed by atoms with Gasteiger partial charge in [-0.1, -0.05) is 12.1 Å². The second kappa shape index (κ2) is 6.38. The summed E-state index contributed by atoms with van der Waals surface area (Å²) in [6.45, 7) is 3.55. The van der Waals surface area contributed by atoms with E-state index in [1.165, 1.54) is 0 Å². The number of nitrogens with one attached hydrogen (secondary N) is 1. The summed E-state index contributed by atoms with van der Waals surface area (Å²) < 4.78 is 0. The largest absolute Gasteiger partial charge is 0.508 e. The zero-order valence-electron chi connectivity index (χ0n) is 13.1. The van der Waals surface area contributed by atoms with Crippen LogP contribution < -0.4 is 5.32 Å². The molecule has 1 amide bonds. The highest BCUT2D eigenvalue weighted by atomic mass is 16.6. The van der Waals surface area contributed by atoms with Crippen molar-refractivity contribution in [3.05, 3.63) is 63.7 Å². The van der Waals surface area contributed by atoms with Crippen LogP contribution in [-0.4, -0.2) is 15.9 Å². The summed E-state index contributed by atoms with van der Waals surface area (Å²) in [5.74, 6) is -0.943. The Kier molecular flexibility index (Phi) is 4.51. The molecule has 24 heavy (non-hydrogen) atoms. The average molecular weight is 325 g/mol. The molecule has 0 saturated heterocycles. The third-order valence-corrected chi connectivity index (χ3v) is 3.57. The van der Waals surface area contributed by atoms with Gasteiger partial charge in [-0.25, -0.2) is 0 Å². The monoisotopic (exact) mass is 325 g/mol. The first-order valence-electron chi connectivity index (χ1n) is 7.05. The first-order chi connectivity index (χ1) is 11.2. The molecule has 0 aliphatic rings. The van der Waals surface area contributed by atoms with E-state index in [1.807, 2.05) is 0 Å². The summed E-state index contributed by atoms with van der Waals surface area (Å²) in [6.07, 6.45) is 0. The summed E-state index contributed by atoms with van der Waals surface area (Å²) >= 11 is 0. The molecular weight excluding hydrogens is 310 g/mol. The number of carbonyl (C=O) groups excluding carboxylic acids is 1. The number of benzene rings is 2. The number of phenols is 1. The molecule has 2 N–H and O–H groups in total. The third kappa shape index (κ3) is 3.50. The van der Waals surface area contributed by atoms with E-state index in [9.17, 15) is 20.0 Å². The molecule has 0 atom stereocenters. The fourth-order valence-corrected chi connectivity index (χ4v) is 2.10. The first-order valence-corrected chi connectivity index (χ1v) is 7.05. The van der Waals surface area contributed by atoms with E-state index in [-0.39, 0.29) is 11.3 Å². The lowest BCUT2D eigenvalue weighted by molar-refractivity contribution is -0.385. The average Bonchev–Trinajstić information content (AvgIpc) is 2.55. The van der Waals surface area contributed by atoms with E-state index < -0.39 is 21.9 Å². The number of aromatic hydroxyl groups is 1. The van der Waals surface area contributed by atoms with Crippen molar-refractivity contribution in [2.45, 2.75) is 19.3 Å². The normalized spacial score (nSPS) is 10.7. The van der Waals surface area contributed by atoms with Gasteiger partial charge in [-0.3, -0.25) is 14.9 Å². The third-order valence-electron chi connectivity index (χ3n) is 3.57. The Morgan fingerprint density at radius 2 is 1.88 bits per heavy atom. The molecule has 7 heteroatoms. The van der Waals surface area contributed by atoms with Gasteiger partial charge in [-0.2, -0.15) is 5.26 Å². The predicted octanol–water partition coefficient (Wildman–Crippen LogP) is 3.35. The van der Waals surface area contributed by atoms with Crippen molar-refractivity contribution >= 4 is 17.3 Å². The van der Waals surface area contributed by atoms with Crippen molar-refractivity contribution in [1.82, 2.24) is 0 Å². The van der Waals surface area contributed by atoms with Gasteiger partial charge in [-0.05, 0) is 43.7 Å². The second-order valence-corrected chi connectivity index (χ2v) is 5.73. The number of phenolic OH excluding ortho intramolecular Hbond substituents is 1. The van der Waals surface area contributed by atoms with Crippen LogP contribution in [-0.2, 0) is 5.41 Å². The zero-order chi connectivity index (χ0) is 17.9. The minimum Gasteiger partial charge on any atom is -0.508 e. The fourth-order valence-electron chi connectivity index (χ4n) is 2.10. The van der Waals surface area contributed by atoms with E-state index in [0.29, 0.717) is 5.69 Å². The van der Waals surface area contributed by atoms with Crippen LogP contribution in [0.15, 0.2) is 42.5 Å². The number of rotatable bonds is 4. The molecule has 2 rings (SSSR count). The number of nitrogens with zero attached hydrogens (tertiary/aromatic N) is 2. The molecule has 0 aromatic heterocycles. The Labute approximate surface area is 138 Å². The lowest BCUT2D eigenvalue weighted by Gasteiger charge is -2.16. The number of nitro benzene ring substituents is 1. The van der Waals surface area contributed by atoms with Crippen molar-refractivity contribution in [3.63, 3.8) is 0 Å². The van der Waals surface area contributed by atoms with Crippen LogP contribution in [0.3, 0.4) is 0 Å². The molecule has 122 valence electrons. The summed E-state index contributed by atoms with van der Waals surface area (Å²) in [5, 5.41) is 32.1. The molecule has 7 nitrogen and oxygen atoms in total. The second-order valence-electron chi connectivity index (χ2n) is 5.73. The lowest BCUT2D eigenvalue weighted by atomic mass is 9.86. The topological polar surface area (TPSA) is 116 Å². The molecule has 0 saturated carbocycles. The number of amides is 1. The van der Waals surface area contributed by atoms with Gasteiger partial charge in [0.15, 0.2) is 0 Å². The number of hydrogen-bond acceptors (Lipinski definition) is 5. The summed E-state index contributed by atoms with van der Waals surface area (Å²) in [7, 11) is 0. The van der Waals surface area contributed by atoms with E-state index in [4.69, 9.17) is 5.26 Å². The first kappa shape index (κ1) is 17.0. The Morgan fingerprint density at radius 3 is 2.42 bits per heavy atom. The van der Waals surface area contributed by atoms with E-state index in [0.717, 1.165) is 23.8 Å². The highest BCUT2D eigenvalue weighted by Gasteiger charge is 2.22. The molecule has 0 fully saturated rings. The number of nitro groups is 1. The molecular formula is C17H15N3O4. The van der Waals surface area contributed by atoms with Gasteiger partial charge in [0.25, 0.3) is 11.6 Å². The van der Waals surface area contributed by atoms with Crippen LogP contribution >= 0.6 is 0 Å². The molecule has 0 aliphatic carbocycles. The molecule has 0 bridgehead atoms. The molecule has 0 unspecified atom stereocenters. The SMILES string of the molecule is CC(C)(C#N)c1ccc(NC(=O)c2cc(O)ccc2[N+](=O)[O-])cc1. The maximum absolute atomic E-state index is 12.3. The van der Waals surface area contributed by atoms with E-state index in [1.54, 1.807) is 38.1 Å². The number of anilines is 1. The highest BCUT2D eigenvalue weighted by molar-refractivity contribution is 6.07. The number of hydrogen-bond donors (Lipinski definition) is 2. The summed E-state index contributed by atoms with van der Waals surface area (Å²) in [6, 6.07) is 12.1. The molecule has 0 spiro atoms. The van der Waals surface area contributed by atoms with Gasteiger partial charge < -0.3 is 10.4 Å². The van der Waals surface area contributed by atoms with Gasteiger partial charge in [-0.15, -0.1) is 0 Å². The van der Waals surface area contributed by atoms with Gasteiger partial charge in [0.1, 0.15) is 11.3 Å². The van der Waals surface area contributed by atoms with Crippen LogP contribution in [0.5, 0.6) is 5.75 Å². The van der Waals surface area contributed by atoms with Crippen LogP contribution in [0.2, 0.25) is 0 Å². The highest BCUT2D eigenvalue weighted by Crippen LogP contribution is 2.26. The van der Waals surface area contributed by atoms with Crippen molar-refractivity contribution in [1.29, 1.82) is 5.26 Å².